The SMILES string of the molecule is COC(=O)[C@H](COCC(O)C[S+](C)CC[C@H](N)C(=O)O)NC(=O)C(F)(F)F. The van der Waals surface area contributed by atoms with Gasteiger partial charge in [-0.25, -0.2) is 4.79 Å². The summed E-state index contributed by atoms with van der Waals surface area (Å²) in [6.07, 6.45) is -4.13. The summed E-state index contributed by atoms with van der Waals surface area (Å²) in [5.41, 5.74) is 5.38. The number of aliphatic hydroxyl groups is 1. The maximum Gasteiger partial charge on any atom is 0.471 e. The zero-order chi connectivity index (χ0) is 21.2. The van der Waals surface area contributed by atoms with E-state index in [-0.39, 0.29) is 29.7 Å². The molecule has 0 heterocycles. The molecular formula is C14H24F3N2O7S+. The van der Waals surface area contributed by atoms with E-state index in [2.05, 4.69) is 4.74 Å². The average molecular weight is 421 g/mol. The maximum absolute atomic E-state index is 12.3. The van der Waals surface area contributed by atoms with Gasteiger partial charge in [0, 0.05) is 6.42 Å². The van der Waals surface area contributed by atoms with Gasteiger partial charge in [0.15, 0.2) is 6.04 Å². The van der Waals surface area contributed by atoms with E-state index in [0.29, 0.717) is 5.75 Å². The molecule has 0 aromatic carbocycles. The number of rotatable bonds is 12. The number of aliphatic carboxylic acids is 1. The molecule has 5 N–H and O–H groups in total. The lowest BCUT2D eigenvalue weighted by atomic mass is 10.2. The lowest BCUT2D eigenvalue weighted by molar-refractivity contribution is -0.176. The van der Waals surface area contributed by atoms with E-state index in [9.17, 15) is 32.7 Å². The molecule has 0 fully saturated rings. The van der Waals surface area contributed by atoms with Crippen molar-refractivity contribution in [2.45, 2.75) is 30.8 Å². The van der Waals surface area contributed by atoms with Gasteiger partial charge < -0.3 is 30.7 Å². The molecule has 9 nitrogen and oxygen atoms in total. The molecule has 0 saturated heterocycles. The van der Waals surface area contributed by atoms with Crippen molar-refractivity contribution in [1.29, 1.82) is 0 Å². The molecule has 0 aliphatic heterocycles. The number of carbonyl (C=O) groups excluding carboxylic acids is 2. The zero-order valence-corrected chi connectivity index (χ0v) is 15.6. The van der Waals surface area contributed by atoms with Crippen molar-refractivity contribution in [3.63, 3.8) is 0 Å². The highest BCUT2D eigenvalue weighted by Crippen LogP contribution is 2.14. The van der Waals surface area contributed by atoms with E-state index >= 15 is 0 Å². The molecule has 0 aliphatic carbocycles. The Morgan fingerprint density at radius 3 is 2.33 bits per heavy atom. The number of nitrogens with one attached hydrogen (secondary N) is 1. The van der Waals surface area contributed by atoms with Crippen molar-refractivity contribution in [3.05, 3.63) is 0 Å². The van der Waals surface area contributed by atoms with E-state index in [0.717, 1.165) is 7.11 Å². The van der Waals surface area contributed by atoms with Gasteiger partial charge in [-0.05, 0) is 10.9 Å². The van der Waals surface area contributed by atoms with E-state index in [1.807, 2.05) is 0 Å². The number of carbonyl (C=O) groups is 3. The summed E-state index contributed by atoms with van der Waals surface area (Å²) >= 11 is 0. The lowest BCUT2D eigenvalue weighted by Gasteiger charge is -2.18. The van der Waals surface area contributed by atoms with Gasteiger partial charge in [0.05, 0.1) is 26.6 Å². The Bertz CT molecular complexity index is 508. The molecule has 0 aromatic rings. The Morgan fingerprint density at radius 2 is 1.85 bits per heavy atom. The predicted octanol–water partition coefficient (Wildman–Crippen LogP) is -1.37. The van der Waals surface area contributed by atoms with Gasteiger partial charge >= 0.3 is 24.0 Å². The van der Waals surface area contributed by atoms with Crippen molar-refractivity contribution in [2.24, 2.45) is 5.73 Å². The average Bonchev–Trinajstić information content (AvgIpc) is 2.56. The number of esters is 1. The number of halogens is 3. The molecule has 0 spiro atoms. The monoisotopic (exact) mass is 421 g/mol. The minimum atomic E-state index is -5.17. The second kappa shape index (κ2) is 12.0. The van der Waals surface area contributed by atoms with Gasteiger partial charge in [-0.15, -0.1) is 0 Å². The zero-order valence-electron chi connectivity index (χ0n) is 14.8. The normalized spacial score (nSPS) is 16.1. The van der Waals surface area contributed by atoms with Crippen LogP contribution in [0.1, 0.15) is 6.42 Å². The summed E-state index contributed by atoms with van der Waals surface area (Å²) in [5.74, 6) is -3.83. The van der Waals surface area contributed by atoms with E-state index in [1.54, 1.807) is 6.26 Å². The van der Waals surface area contributed by atoms with E-state index < -0.39 is 48.8 Å². The number of alkyl halides is 3. The first kappa shape index (κ1) is 25.4. The Hall–Kier alpha value is -1.57. The highest BCUT2D eigenvalue weighted by atomic mass is 32.2. The Morgan fingerprint density at radius 1 is 1.26 bits per heavy atom. The van der Waals surface area contributed by atoms with Crippen LogP contribution in [-0.4, -0.2) is 90.5 Å². The molecule has 158 valence electrons. The molecule has 1 amide bonds. The number of aliphatic hydroxyl groups excluding tert-OH is 1. The number of ether oxygens (including phenoxy) is 2. The number of methoxy groups -OCH3 is 1. The highest BCUT2D eigenvalue weighted by Gasteiger charge is 2.41. The fourth-order valence-electron chi connectivity index (χ4n) is 1.78. The van der Waals surface area contributed by atoms with Gasteiger partial charge in [0.25, 0.3) is 0 Å². The number of hydrogen-bond donors (Lipinski definition) is 4. The topological polar surface area (TPSA) is 148 Å². The summed E-state index contributed by atoms with van der Waals surface area (Å²) in [4.78, 5) is 33.0. The molecule has 0 aliphatic rings. The Kier molecular flexibility index (Phi) is 11.3. The minimum Gasteiger partial charge on any atom is -0.480 e. The van der Waals surface area contributed by atoms with Gasteiger partial charge in [0.2, 0.25) is 0 Å². The van der Waals surface area contributed by atoms with Crippen LogP contribution >= 0.6 is 0 Å². The first-order valence-corrected chi connectivity index (χ1v) is 9.64. The van der Waals surface area contributed by atoms with Crippen LogP contribution in [0.2, 0.25) is 0 Å². The van der Waals surface area contributed by atoms with Crippen LogP contribution in [0, 0.1) is 0 Å². The molecule has 27 heavy (non-hydrogen) atoms. The third-order valence-corrected chi connectivity index (χ3v) is 5.10. The quantitative estimate of drug-likeness (QED) is 0.223. The van der Waals surface area contributed by atoms with Crippen LogP contribution in [-0.2, 0) is 34.8 Å². The van der Waals surface area contributed by atoms with Crippen LogP contribution in [0.5, 0.6) is 0 Å². The standard InChI is InChI=1S/C14H23F3N2O7S/c1-25-12(23)10(19-13(24)14(15,16)17)6-26-5-8(20)7-27(2)4-3-9(18)11(21)22/h8-10,20H,3-7,18H2,1-2H3,(H-,19,21,22,24)/p+1/t8?,9-,10-,27?/m0/s1. The molecule has 13 heteroatoms. The number of amides is 1. The molecule has 0 radical (unpaired) electrons. The number of nitrogens with two attached hydrogens (primary N) is 1. The number of hydrogen-bond acceptors (Lipinski definition) is 7. The molecule has 0 rings (SSSR count). The molecule has 0 aromatic heterocycles. The van der Waals surface area contributed by atoms with Gasteiger partial charge in [-0.3, -0.25) is 9.59 Å². The Labute approximate surface area is 156 Å². The van der Waals surface area contributed by atoms with Crippen molar-refractivity contribution in [1.82, 2.24) is 5.32 Å². The lowest BCUT2D eigenvalue weighted by Crippen LogP contribution is -2.49. The first-order chi connectivity index (χ1) is 12.4. The molecule has 0 bridgehead atoms. The molecular weight excluding hydrogens is 397 g/mol. The molecule has 2 unspecified atom stereocenters. The van der Waals surface area contributed by atoms with Crippen LogP contribution in [0.25, 0.3) is 0 Å². The summed E-state index contributed by atoms with van der Waals surface area (Å²) in [6, 6.07) is -2.67. The van der Waals surface area contributed by atoms with Crippen molar-refractivity contribution >= 4 is 28.7 Å². The fraction of sp³-hybridized carbons (Fsp3) is 0.786. The first-order valence-electron chi connectivity index (χ1n) is 7.67. The molecule has 0 saturated carbocycles. The van der Waals surface area contributed by atoms with Crippen LogP contribution < -0.4 is 11.1 Å². The van der Waals surface area contributed by atoms with Crippen LogP contribution in [0.3, 0.4) is 0 Å². The Balaban J connectivity index is 4.35. The minimum absolute atomic E-state index is 0.233. The third-order valence-electron chi connectivity index (χ3n) is 3.21. The predicted molar refractivity (Wildman–Crippen MR) is 90.1 cm³/mol. The second-order valence-electron chi connectivity index (χ2n) is 5.62. The molecule has 4 atom stereocenters. The van der Waals surface area contributed by atoms with Crippen molar-refractivity contribution in [3.8, 4) is 0 Å². The summed E-state index contributed by atoms with van der Waals surface area (Å²) < 4.78 is 46.1. The largest absolute Gasteiger partial charge is 0.480 e. The van der Waals surface area contributed by atoms with Crippen molar-refractivity contribution in [2.75, 3.05) is 38.1 Å². The van der Waals surface area contributed by atoms with Gasteiger partial charge in [0.1, 0.15) is 23.7 Å². The second-order valence-corrected chi connectivity index (χ2v) is 7.93. The summed E-state index contributed by atoms with van der Waals surface area (Å²) in [6.45, 7) is -0.912. The van der Waals surface area contributed by atoms with E-state index in [1.165, 1.54) is 5.32 Å². The van der Waals surface area contributed by atoms with Gasteiger partial charge in [-0.1, -0.05) is 0 Å². The van der Waals surface area contributed by atoms with Crippen molar-refractivity contribution < 1.29 is 47.2 Å². The fourth-order valence-corrected chi connectivity index (χ4v) is 3.36. The summed E-state index contributed by atoms with van der Waals surface area (Å²) in [7, 11) is 0.573. The number of carboxylic acids is 1. The van der Waals surface area contributed by atoms with Crippen LogP contribution in [0.4, 0.5) is 13.2 Å². The maximum atomic E-state index is 12.3. The number of carboxylic acid groups (broad SMARTS) is 1. The smallest absolute Gasteiger partial charge is 0.471 e. The van der Waals surface area contributed by atoms with E-state index in [4.69, 9.17) is 15.6 Å². The highest BCUT2D eigenvalue weighted by molar-refractivity contribution is 7.96. The third kappa shape index (κ3) is 11.0. The van der Waals surface area contributed by atoms with Crippen LogP contribution in [0.15, 0.2) is 0 Å². The van der Waals surface area contributed by atoms with Gasteiger partial charge in [-0.2, -0.15) is 13.2 Å². The summed E-state index contributed by atoms with van der Waals surface area (Å²) in [5, 5.41) is 20.0.